The quantitative estimate of drug-likeness (QED) is 0.275. The summed E-state index contributed by atoms with van der Waals surface area (Å²) in [5.74, 6) is 1.43. The molecule has 4 aromatic heterocycles. The van der Waals surface area contributed by atoms with Crippen LogP contribution < -0.4 is 15.4 Å². The van der Waals surface area contributed by atoms with Crippen LogP contribution in [0.2, 0.25) is 10.0 Å². The number of aromatic nitrogens is 7. The molecule has 0 spiro atoms. The highest BCUT2D eigenvalue weighted by atomic mass is 35.5. The van der Waals surface area contributed by atoms with E-state index in [9.17, 15) is 0 Å². The number of pyridine rings is 1. The van der Waals surface area contributed by atoms with Crippen molar-refractivity contribution in [3.05, 3.63) is 76.3 Å². The van der Waals surface area contributed by atoms with Crippen molar-refractivity contribution in [3.63, 3.8) is 0 Å². The van der Waals surface area contributed by atoms with E-state index in [4.69, 9.17) is 33.7 Å². The zero-order valence-electron chi connectivity index (χ0n) is 21.5. The molecule has 1 aliphatic rings. The second-order valence-corrected chi connectivity index (χ2v) is 10.7. The SMILES string of the molecule is CCn1cc(CC2(N)CN(c3ccc(-c4n[nH]c5ccc(O[C@H](C)c6c(Cl)cncc6Cl)cc45)nn3)C2)cn1. The molecule has 1 saturated heterocycles. The molecule has 1 aliphatic heterocycles. The Morgan fingerprint density at radius 2 is 1.90 bits per heavy atom. The van der Waals surface area contributed by atoms with Gasteiger partial charge in [-0.1, -0.05) is 23.2 Å². The van der Waals surface area contributed by atoms with Crippen LogP contribution in [0.15, 0.2) is 55.1 Å². The van der Waals surface area contributed by atoms with Crippen molar-refractivity contribution < 1.29 is 4.74 Å². The molecule has 3 N–H and O–H groups in total. The number of H-pyrrole nitrogens is 1. The number of anilines is 1. The lowest BCUT2D eigenvalue weighted by atomic mass is 9.85. The first kappa shape index (κ1) is 25.5. The fourth-order valence-corrected chi connectivity index (χ4v) is 5.69. The molecule has 0 bridgehead atoms. The van der Waals surface area contributed by atoms with E-state index in [2.05, 4.69) is 48.5 Å². The molecule has 12 heteroatoms. The topological polar surface area (TPSA) is 124 Å². The van der Waals surface area contributed by atoms with E-state index in [1.807, 2.05) is 48.1 Å². The predicted molar refractivity (Wildman–Crippen MR) is 151 cm³/mol. The lowest BCUT2D eigenvalue weighted by Gasteiger charge is -2.48. The Morgan fingerprint density at radius 1 is 1.10 bits per heavy atom. The van der Waals surface area contributed by atoms with Crippen LogP contribution in [0.5, 0.6) is 5.75 Å². The van der Waals surface area contributed by atoms with E-state index < -0.39 is 0 Å². The van der Waals surface area contributed by atoms with Gasteiger partial charge in [-0.25, -0.2) is 0 Å². The normalized spacial score (nSPS) is 15.4. The van der Waals surface area contributed by atoms with Crippen molar-refractivity contribution in [2.75, 3.05) is 18.0 Å². The first-order valence-corrected chi connectivity index (χ1v) is 13.4. The number of benzene rings is 1. The molecule has 0 amide bonds. The van der Waals surface area contributed by atoms with E-state index in [0.717, 1.165) is 35.2 Å². The largest absolute Gasteiger partial charge is 0.486 e. The minimum atomic E-state index is -0.381. The summed E-state index contributed by atoms with van der Waals surface area (Å²) >= 11 is 12.6. The van der Waals surface area contributed by atoms with Gasteiger partial charge >= 0.3 is 0 Å². The lowest BCUT2D eigenvalue weighted by Crippen LogP contribution is -2.68. The Kier molecular flexibility index (Phi) is 6.62. The Morgan fingerprint density at radius 3 is 2.59 bits per heavy atom. The van der Waals surface area contributed by atoms with Crippen molar-refractivity contribution in [1.29, 1.82) is 0 Å². The molecular weight excluding hydrogens is 537 g/mol. The average molecular weight is 564 g/mol. The molecular formula is C27H27Cl2N9O. The second kappa shape index (κ2) is 10.1. The first-order valence-electron chi connectivity index (χ1n) is 12.6. The van der Waals surface area contributed by atoms with Gasteiger partial charge in [0, 0.05) is 49.2 Å². The molecule has 0 saturated carbocycles. The van der Waals surface area contributed by atoms with Crippen LogP contribution in [0.1, 0.15) is 31.1 Å². The summed E-state index contributed by atoms with van der Waals surface area (Å²) in [6.45, 7) is 6.21. The first-order chi connectivity index (χ1) is 18.8. The summed E-state index contributed by atoms with van der Waals surface area (Å²) in [6.07, 6.45) is 7.45. The lowest BCUT2D eigenvalue weighted by molar-refractivity contribution is 0.227. The van der Waals surface area contributed by atoms with Gasteiger partial charge in [0.15, 0.2) is 5.82 Å². The van der Waals surface area contributed by atoms with Crippen LogP contribution in [0.3, 0.4) is 0 Å². The molecule has 1 aromatic carbocycles. The molecule has 39 heavy (non-hydrogen) atoms. The Bertz CT molecular complexity index is 1610. The number of hydrogen-bond acceptors (Lipinski definition) is 8. The van der Waals surface area contributed by atoms with Gasteiger partial charge in [0.25, 0.3) is 0 Å². The third-order valence-corrected chi connectivity index (χ3v) is 7.54. The number of rotatable bonds is 8. The van der Waals surface area contributed by atoms with Gasteiger partial charge in [-0.15, -0.1) is 10.2 Å². The molecule has 1 atom stereocenters. The molecule has 0 unspecified atom stereocenters. The van der Waals surface area contributed by atoms with E-state index in [-0.39, 0.29) is 11.6 Å². The predicted octanol–water partition coefficient (Wildman–Crippen LogP) is 4.84. The van der Waals surface area contributed by atoms with Crippen LogP contribution in [0.4, 0.5) is 5.82 Å². The number of fused-ring (bicyclic) bond motifs is 1. The molecule has 5 heterocycles. The van der Waals surface area contributed by atoms with Crippen molar-refractivity contribution >= 4 is 39.9 Å². The maximum absolute atomic E-state index is 6.61. The van der Waals surface area contributed by atoms with Gasteiger partial charge in [0.1, 0.15) is 23.2 Å². The van der Waals surface area contributed by atoms with Gasteiger partial charge in [0.2, 0.25) is 0 Å². The van der Waals surface area contributed by atoms with Gasteiger partial charge in [0.05, 0.1) is 27.3 Å². The van der Waals surface area contributed by atoms with Crippen LogP contribution in [0, 0.1) is 0 Å². The molecule has 5 aromatic rings. The molecule has 6 rings (SSSR count). The Hall–Kier alpha value is -3.73. The van der Waals surface area contributed by atoms with E-state index >= 15 is 0 Å². The fourth-order valence-electron chi connectivity index (χ4n) is 5.02. The standard InChI is InChI=1S/C27H27Cl2N9O/c1-3-38-13-17(10-32-38)9-27(30)14-37(15-27)24-7-6-23(34-35-24)26-19-8-18(4-5-22(19)33-36-26)39-16(2)25-20(28)11-31-12-21(25)29/h4-8,10-13,16H,3,9,14-15,30H2,1-2H3,(H,33,36)/t16-/m1/s1. The summed E-state index contributed by atoms with van der Waals surface area (Å²) < 4.78 is 8.09. The average Bonchev–Trinajstić information content (AvgIpc) is 3.54. The maximum atomic E-state index is 6.61. The van der Waals surface area contributed by atoms with Gasteiger partial charge in [-0.3, -0.25) is 14.8 Å². The summed E-state index contributed by atoms with van der Waals surface area (Å²) in [5, 5.41) is 22.6. The van der Waals surface area contributed by atoms with Crippen molar-refractivity contribution in [1.82, 2.24) is 35.2 Å². The minimum Gasteiger partial charge on any atom is -0.486 e. The van der Waals surface area contributed by atoms with Gasteiger partial charge < -0.3 is 15.4 Å². The van der Waals surface area contributed by atoms with Crippen LogP contribution >= 0.6 is 23.2 Å². The summed E-state index contributed by atoms with van der Waals surface area (Å²) in [5.41, 5.74) is 10.3. The van der Waals surface area contributed by atoms with Gasteiger partial charge in [-0.2, -0.15) is 10.2 Å². The molecule has 1 fully saturated rings. The van der Waals surface area contributed by atoms with Crippen molar-refractivity contribution in [2.45, 2.75) is 38.5 Å². The maximum Gasteiger partial charge on any atom is 0.151 e. The molecule has 0 radical (unpaired) electrons. The monoisotopic (exact) mass is 563 g/mol. The Balaban J connectivity index is 1.16. The number of nitrogens with one attached hydrogen (secondary N) is 1. The molecule has 0 aliphatic carbocycles. The highest BCUT2D eigenvalue weighted by molar-refractivity contribution is 6.35. The summed E-state index contributed by atoms with van der Waals surface area (Å²) in [7, 11) is 0. The fraction of sp³-hybridized carbons (Fsp3) is 0.296. The van der Waals surface area contributed by atoms with Crippen LogP contribution in [0.25, 0.3) is 22.3 Å². The number of nitrogens with two attached hydrogens (primary N) is 1. The second-order valence-electron chi connectivity index (χ2n) is 9.93. The number of ether oxygens (including phenoxy) is 1. The number of nitrogens with zero attached hydrogens (tertiary/aromatic N) is 7. The Labute approximate surface area is 235 Å². The van der Waals surface area contributed by atoms with Gasteiger partial charge in [-0.05, 0) is 56.2 Å². The number of halogens is 2. The summed E-state index contributed by atoms with van der Waals surface area (Å²) in [4.78, 5) is 6.14. The smallest absolute Gasteiger partial charge is 0.151 e. The molecule has 200 valence electrons. The van der Waals surface area contributed by atoms with E-state index in [1.165, 1.54) is 0 Å². The molecule has 10 nitrogen and oxygen atoms in total. The van der Waals surface area contributed by atoms with E-state index in [1.54, 1.807) is 12.4 Å². The number of hydrogen-bond donors (Lipinski definition) is 2. The highest BCUT2D eigenvalue weighted by Gasteiger charge is 2.40. The van der Waals surface area contributed by atoms with E-state index in [0.29, 0.717) is 45.8 Å². The van der Waals surface area contributed by atoms with Crippen molar-refractivity contribution in [3.8, 4) is 17.1 Å². The summed E-state index contributed by atoms with van der Waals surface area (Å²) in [6, 6.07) is 9.58. The third-order valence-electron chi connectivity index (χ3n) is 6.94. The minimum absolute atomic E-state index is 0.307. The number of aryl methyl sites for hydroxylation is 1. The third kappa shape index (κ3) is 5.03. The van der Waals surface area contributed by atoms with Crippen molar-refractivity contribution in [2.24, 2.45) is 5.73 Å². The zero-order chi connectivity index (χ0) is 27.1. The number of aromatic amines is 1. The van der Waals surface area contributed by atoms with Crippen LogP contribution in [-0.4, -0.2) is 53.8 Å². The van der Waals surface area contributed by atoms with Crippen LogP contribution in [-0.2, 0) is 13.0 Å². The zero-order valence-corrected chi connectivity index (χ0v) is 23.0. The highest BCUT2D eigenvalue weighted by Crippen LogP contribution is 2.35.